The van der Waals surface area contributed by atoms with Crippen molar-refractivity contribution in [2.45, 2.75) is 0 Å². The van der Waals surface area contributed by atoms with Gasteiger partial charge >= 0.3 is 0 Å². The summed E-state index contributed by atoms with van der Waals surface area (Å²) in [6.45, 7) is 0. The summed E-state index contributed by atoms with van der Waals surface area (Å²) in [4.78, 5) is 11.9. The molecule has 0 aliphatic carbocycles. The number of fused-ring (bicyclic) bond motifs is 2. The Morgan fingerprint density at radius 2 is 1.90 bits per heavy atom. The third-order valence-corrected chi connectivity index (χ3v) is 6.27. The molecular weight excluding hydrogens is 390 g/mol. The third-order valence-electron chi connectivity index (χ3n) is 5.17. The maximum atomic E-state index is 9.66. The summed E-state index contributed by atoms with van der Waals surface area (Å²) in [5, 5.41) is 15.2. The average molecular weight is 410 g/mol. The summed E-state index contributed by atoms with van der Waals surface area (Å²) in [5.74, 6) is 0. The topological polar surface area (TPSA) is 67.7 Å². The second-order valence-electron chi connectivity index (χ2n) is 7.33. The molecule has 0 atom stereocenters. The Morgan fingerprint density at radius 3 is 2.67 bits per heavy atom. The van der Waals surface area contributed by atoms with Crippen LogP contribution < -0.4 is 10.2 Å². The molecule has 0 amide bonds. The number of aromatic amines is 1. The maximum Gasteiger partial charge on any atom is 0.126 e. The van der Waals surface area contributed by atoms with E-state index in [0.29, 0.717) is 5.56 Å². The highest BCUT2D eigenvalue weighted by molar-refractivity contribution is 7.21. The molecule has 6 heteroatoms. The quantitative estimate of drug-likeness (QED) is 0.375. The van der Waals surface area contributed by atoms with Crippen LogP contribution in [0.4, 0.5) is 17.1 Å². The fourth-order valence-electron chi connectivity index (χ4n) is 3.55. The first-order chi connectivity index (χ1) is 14.6. The van der Waals surface area contributed by atoms with Crippen molar-refractivity contribution in [3.05, 3.63) is 72.6 Å². The largest absolute Gasteiger partial charge is 0.378 e. The Balaban J connectivity index is 1.59. The molecule has 0 unspecified atom stereocenters. The predicted molar refractivity (Wildman–Crippen MR) is 126 cm³/mol. The van der Waals surface area contributed by atoms with Crippen molar-refractivity contribution >= 4 is 49.5 Å². The van der Waals surface area contributed by atoms with Gasteiger partial charge in [0.1, 0.15) is 10.9 Å². The van der Waals surface area contributed by atoms with Gasteiger partial charge in [0.2, 0.25) is 0 Å². The van der Waals surface area contributed by atoms with Crippen LogP contribution in [0.25, 0.3) is 31.6 Å². The van der Waals surface area contributed by atoms with Crippen LogP contribution in [0.15, 0.2) is 67.0 Å². The van der Waals surface area contributed by atoms with E-state index < -0.39 is 0 Å². The molecule has 3 heterocycles. The van der Waals surface area contributed by atoms with Crippen LogP contribution in [0.3, 0.4) is 0 Å². The number of pyridine rings is 1. The van der Waals surface area contributed by atoms with E-state index in [0.717, 1.165) is 48.6 Å². The van der Waals surface area contributed by atoms with Gasteiger partial charge in [0.25, 0.3) is 0 Å². The smallest absolute Gasteiger partial charge is 0.126 e. The molecule has 5 rings (SSSR count). The number of H-pyrrole nitrogens is 1. The summed E-state index contributed by atoms with van der Waals surface area (Å²) in [7, 11) is 4.06. The highest BCUT2D eigenvalue weighted by Gasteiger charge is 2.14. The summed E-state index contributed by atoms with van der Waals surface area (Å²) < 4.78 is 0. The fourth-order valence-corrected chi connectivity index (χ4v) is 4.57. The second kappa shape index (κ2) is 7.21. The first kappa shape index (κ1) is 18.2. The van der Waals surface area contributed by atoms with Crippen LogP contribution in [0.2, 0.25) is 0 Å². The molecule has 0 aliphatic heterocycles. The van der Waals surface area contributed by atoms with Crippen LogP contribution in [0.1, 0.15) is 5.56 Å². The number of benzene rings is 2. The Morgan fingerprint density at radius 1 is 1.07 bits per heavy atom. The average Bonchev–Trinajstić information content (AvgIpc) is 3.40. The van der Waals surface area contributed by atoms with E-state index in [1.54, 1.807) is 17.5 Å². The van der Waals surface area contributed by atoms with Gasteiger partial charge in [-0.3, -0.25) is 0 Å². The fraction of sp³-hybridized carbons (Fsp3) is 0.0833. The van der Waals surface area contributed by atoms with Crippen LogP contribution in [0, 0.1) is 11.3 Å². The lowest BCUT2D eigenvalue weighted by atomic mass is 10.1. The lowest BCUT2D eigenvalue weighted by Gasteiger charge is -2.12. The van der Waals surface area contributed by atoms with Crippen molar-refractivity contribution in [1.82, 2.24) is 9.97 Å². The number of hydrogen-bond acceptors (Lipinski definition) is 5. The SMILES string of the molecule is CN(C)c1ccc(-c2cc3c(Nc4ccc5[nH]ccc5c4)c(C#N)cnc3s2)cc1. The number of nitriles is 1. The van der Waals surface area contributed by atoms with E-state index in [4.69, 9.17) is 0 Å². The van der Waals surface area contributed by atoms with Crippen LogP contribution in [-0.2, 0) is 0 Å². The number of aromatic nitrogens is 2. The maximum absolute atomic E-state index is 9.66. The molecule has 2 aromatic carbocycles. The Hall–Kier alpha value is -3.82. The van der Waals surface area contributed by atoms with E-state index in [1.165, 1.54) is 0 Å². The molecule has 5 nitrogen and oxygen atoms in total. The lowest BCUT2D eigenvalue weighted by Crippen LogP contribution is -2.07. The van der Waals surface area contributed by atoms with E-state index in [-0.39, 0.29) is 0 Å². The summed E-state index contributed by atoms with van der Waals surface area (Å²) in [5.41, 5.74) is 5.65. The molecular formula is C24H19N5S. The second-order valence-corrected chi connectivity index (χ2v) is 8.36. The number of thiophene rings is 1. The van der Waals surface area contributed by atoms with Crippen LogP contribution in [-0.4, -0.2) is 24.1 Å². The Labute approximate surface area is 178 Å². The first-order valence-electron chi connectivity index (χ1n) is 9.57. The van der Waals surface area contributed by atoms with Crippen molar-refractivity contribution in [2.24, 2.45) is 0 Å². The Kier molecular flexibility index (Phi) is 4.38. The van der Waals surface area contributed by atoms with E-state index in [1.807, 2.05) is 38.5 Å². The van der Waals surface area contributed by atoms with E-state index >= 15 is 0 Å². The van der Waals surface area contributed by atoms with Gasteiger partial charge < -0.3 is 15.2 Å². The monoisotopic (exact) mass is 409 g/mol. The van der Waals surface area contributed by atoms with Gasteiger partial charge in [0, 0.05) is 59.0 Å². The van der Waals surface area contributed by atoms with Crippen molar-refractivity contribution in [2.75, 3.05) is 24.3 Å². The predicted octanol–water partition coefficient (Wildman–Crippen LogP) is 6.13. The van der Waals surface area contributed by atoms with Gasteiger partial charge in [-0.15, -0.1) is 11.3 Å². The van der Waals surface area contributed by atoms with Crippen molar-refractivity contribution < 1.29 is 0 Å². The third kappa shape index (κ3) is 3.15. The number of nitrogens with zero attached hydrogens (tertiary/aromatic N) is 3. The van der Waals surface area contributed by atoms with Gasteiger partial charge in [-0.2, -0.15) is 5.26 Å². The first-order valence-corrected chi connectivity index (χ1v) is 10.4. The molecule has 3 aromatic heterocycles. The Bertz CT molecular complexity index is 1400. The molecule has 146 valence electrons. The lowest BCUT2D eigenvalue weighted by molar-refractivity contribution is 1.13. The van der Waals surface area contributed by atoms with Gasteiger partial charge in [0.15, 0.2) is 0 Å². The molecule has 0 saturated heterocycles. The van der Waals surface area contributed by atoms with Crippen molar-refractivity contribution in [3.8, 4) is 16.5 Å². The van der Waals surface area contributed by atoms with Crippen LogP contribution >= 0.6 is 11.3 Å². The number of rotatable bonds is 4. The van der Waals surface area contributed by atoms with Gasteiger partial charge in [-0.25, -0.2) is 4.98 Å². The van der Waals surface area contributed by atoms with Crippen molar-refractivity contribution in [3.63, 3.8) is 0 Å². The van der Waals surface area contributed by atoms with Gasteiger partial charge in [0.05, 0.1) is 11.3 Å². The van der Waals surface area contributed by atoms with Gasteiger partial charge in [-0.05, 0) is 48.0 Å². The molecule has 30 heavy (non-hydrogen) atoms. The van der Waals surface area contributed by atoms with Crippen molar-refractivity contribution in [1.29, 1.82) is 5.26 Å². The minimum absolute atomic E-state index is 0.531. The zero-order valence-electron chi connectivity index (χ0n) is 16.6. The summed E-state index contributed by atoms with van der Waals surface area (Å²) >= 11 is 1.63. The number of hydrogen-bond donors (Lipinski definition) is 2. The molecule has 0 radical (unpaired) electrons. The molecule has 0 fully saturated rings. The molecule has 0 spiro atoms. The minimum atomic E-state index is 0.531. The summed E-state index contributed by atoms with van der Waals surface area (Å²) in [6.07, 6.45) is 3.57. The number of anilines is 3. The molecule has 0 saturated carbocycles. The summed E-state index contributed by atoms with van der Waals surface area (Å²) in [6, 6.07) is 21.0. The zero-order valence-corrected chi connectivity index (χ0v) is 17.4. The van der Waals surface area contributed by atoms with E-state index in [2.05, 4.69) is 62.7 Å². The highest BCUT2D eigenvalue weighted by atomic mass is 32.1. The standard InChI is InChI=1S/C24H19N5S/c1-29(2)19-6-3-15(4-7-19)22-12-20-23(17(13-25)14-27-24(20)30-22)28-18-5-8-21-16(11-18)9-10-26-21/h3-12,14,26H,1-2H3,(H,27,28). The molecule has 0 bridgehead atoms. The minimum Gasteiger partial charge on any atom is -0.378 e. The molecule has 0 aliphatic rings. The molecule has 2 N–H and O–H groups in total. The zero-order chi connectivity index (χ0) is 20.7. The molecule has 5 aromatic rings. The van der Waals surface area contributed by atoms with Gasteiger partial charge in [-0.1, -0.05) is 12.1 Å². The normalized spacial score (nSPS) is 11.0. The van der Waals surface area contributed by atoms with Crippen LogP contribution in [0.5, 0.6) is 0 Å². The van der Waals surface area contributed by atoms with E-state index in [9.17, 15) is 5.26 Å². The highest BCUT2D eigenvalue weighted by Crippen LogP contribution is 2.39. The number of nitrogens with one attached hydrogen (secondary N) is 2.